The number of likely N-dealkylation sites (tertiary alicyclic amines) is 1. The van der Waals surface area contributed by atoms with Gasteiger partial charge in [0.25, 0.3) is 5.91 Å². The molecule has 5 heteroatoms. The number of fused-ring (bicyclic) bond motifs is 1. The van der Waals surface area contributed by atoms with Gasteiger partial charge in [-0.25, -0.2) is 0 Å². The van der Waals surface area contributed by atoms with Gasteiger partial charge in [-0.3, -0.25) is 9.89 Å². The first kappa shape index (κ1) is 13.6. The SMILES string of the molecule is CCN(C(=O)c1n[nH]c2c1CCC2)C1CCN(C)CC1. The van der Waals surface area contributed by atoms with E-state index in [0.717, 1.165) is 51.7 Å². The predicted octanol–water partition coefficient (Wildman–Crippen LogP) is 1.45. The summed E-state index contributed by atoms with van der Waals surface area (Å²) >= 11 is 0. The molecule has 1 N–H and O–H groups in total. The molecule has 1 aliphatic heterocycles. The van der Waals surface area contributed by atoms with Gasteiger partial charge in [-0.1, -0.05) is 0 Å². The molecule has 0 unspecified atom stereocenters. The summed E-state index contributed by atoms with van der Waals surface area (Å²) in [5, 5.41) is 7.34. The van der Waals surface area contributed by atoms with Crippen molar-refractivity contribution in [2.45, 2.75) is 45.1 Å². The maximum absolute atomic E-state index is 12.8. The van der Waals surface area contributed by atoms with Crippen molar-refractivity contribution in [1.29, 1.82) is 0 Å². The van der Waals surface area contributed by atoms with E-state index in [1.54, 1.807) is 0 Å². The normalized spacial score (nSPS) is 20.1. The number of piperidine rings is 1. The van der Waals surface area contributed by atoms with E-state index in [-0.39, 0.29) is 5.91 Å². The molecule has 0 spiro atoms. The van der Waals surface area contributed by atoms with Gasteiger partial charge in [0.15, 0.2) is 5.69 Å². The highest BCUT2D eigenvalue weighted by Crippen LogP contribution is 2.25. The van der Waals surface area contributed by atoms with Crippen LogP contribution in [0.25, 0.3) is 0 Å². The molecule has 2 heterocycles. The van der Waals surface area contributed by atoms with E-state index in [2.05, 4.69) is 29.1 Å². The highest BCUT2D eigenvalue weighted by molar-refractivity contribution is 5.94. The highest BCUT2D eigenvalue weighted by Gasteiger charge is 2.31. The minimum absolute atomic E-state index is 0.126. The van der Waals surface area contributed by atoms with E-state index in [0.29, 0.717) is 11.7 Å². The molecular formula is C15H24N4O. The lowest BCUT2D eigenvalue weighted by atomic mass is 10.0. The number of aryl methyl sites for hydroxylation is 1. The summed E-state index contributed by atoms with van der Waals surface area (Å²) in [6.45, 7) is 5.00. The molecule has 1 aromatic heterocycles. The topological polar surface area (TPSA) is 52.2 Å². The maximum Gasteiger partial charge on any atom is 0.274 e. The Hall–Kier alpha value is -1.36. The number of rotatable bonds is 3. The number of nitrogens with zero attached hydrogens (tertiary/aromatic N) is 3. The van der Waals surface area contributed by atoms with E-state index in [1.807, 2.05) is 4.90 Å². The standard InChI is InChI=1S/C15H24N4O/c1-3-19(11-7-9-18(2)10-8-11)15(20)14-12-5-4-6-13(12)16-17-14/h11H,3-10H2,1-2H3,(H,16,17). The zero-order chi connectivity index (χ0) is 14.1. The Labute approximate surface area is 120 Å². The van der Waals surface area contributed by atoms with Crippen LogP contribution in [0, 0.1) is 0 Å². The molecular weight excluding hydrogens is 252 g/mol. The first-order valence-corrected chi connectivity index (χ1v) is 7.76. The average Bonchev–Trinajstić information content (AvgIpc) is 3.04. The maximum atomic E-state index is 12.8. The summed E-state index contributed by atoms with van der Waals surface area (Å²) in [5.41, 5.74) is 3.02. The summed E-state index contributed by atoms with van der Waals surface area (Å²) in [4.78, 5) is 17.2. The van der Waals surface area contributed by atoms with Crippen LogP contribution in [0.4, 0.5) is 0 Å². The van der Waals surface area contributed by atoms with Crippen molar-refractivity contribution in [3.8, 4) is 0 Å². The van der Waals surface area contributed by atoms with Crippen LogP contribution in [0.1, 0.15) is 47.9 Å². The fraction of sp³-hybridized carbons (Fsp3) is 0.733. The third-order valence-corrected chi connectivity index (χ3v) is 4.74. The summed E-state index contributed by atoms with van der Waals surface area (Å²) < 4.78 is 0. The lowest BCUT2D eigenvalue weighted by Gasteiger charge is -2.36. The largest absolute Gasteiger partial charge is 0.334 e. The minimum Gasteiger partial charge on any atom is -0.334 e. The smallest absolute Gasteiger partial charge is 0.274 e. The Morgan fingerprint density at radius 2 is 2.15 bits per heavy atom. The molecule has 0 aromatic carbocycles. The number of nitrogens with one attached hydrogen (secondary N) is 1. The van der Waals surface area contributed by atoms with Crippen LogP contribution in [0.5, 0.6) is 0 Å². The molecule has 3 rings (SSSR count). The number of carbonyl (C=O) groups is 1. The number of aromatic nitrogens is 2. The van der Waals surface area contributed by atoms with E-state index in [4.69, 9.17) is 0 Å². The second kappa shape index (κ2) is 5.56. The molecule has 110 valence electrons. The third-order valence-electron chi connectivity index (χ3n) is 4.74. The Bertz CT molecular complexity index is 488. The van der Waals surface area contributed by atoms with Gasteiger partial charge in [0.2, 0.25) is 0 Å². The van der Waals surface area contributed by atoms with Crippen LogP contribution in [0.2, 0.25) is 0 Å². The van der Waals surface area contributed by atoms with Crippen molar-refractivity contribution in [3.63, 3.8) is 0 Å². The van der Waals surface area contributed by atoms with Crippen molar-refractivity contribution < 1.29 is 4.79 Å². The van der Waals surface area contributed by atoms with Crippen molar-refractivity contribution in [3.05, 3.63) is 17.0 Å². The van der Waals surface area contributed by atoms with Crippen LogP contribution in [-0.2, 0) is 12.8 Å². The monoisotopic (exact) mass is 276 g/mol. The van der Waals surface area contributed by atoms with Crippen LogP contribution < -0.4 is 0 Å². The fourth-order valence-corrected chi connectivity index (χ4v) is 3.51. The van der Waals surface area contributed by atoms with Crippen LogP contribution in [-0.4, -0.2) is 58.6 Å². The van der Waals surface area contributed by atoms with Crippen molar-refractivity contribution in [2.75, 3.05) is 26.7 Å². The van der Waals surface area contributed by atoms with E-state index >= 15 is 0 Å². The Morgan fingerprint density at radius 3 is 2.85 bits per heavy atom. The average molecular weight is 276 g/mol. The second-order valence-corrected chi connectivity index (χ2v) is 6.01. The van der Waals surface area contributed by atoms with Gasteiger partial charge in [-0.2, -0.15) is 5.10 Å². The first-order chi connectivity index (χ1) is 9.70. The van der Waals surface area contributed by atoms with Crippen molar-refractivity contribution in [1.82, 2.24) is 20.0 Å². The van der Waals surface area contributed by atoms with Crippen LogP contribution in [0.3, 0.4) is 0 Å². The van der Waals surface area contributed by atoms with Gasteiger partial charge in [-0.15, -0.1) is 0 Å². The molecule has 0 atom stereocenters. The summed E-state index contributed by atoms with van der Waals surface area (Å²) in [6, 6.07) is 0.373. The van der Waals surface area contributed by atoms with E-state index in [9.17, 15) is 4.79 Å². The Kier molecular flexibility index (Phi) is 3.78. The van der Waals surface area contributed by atoms with Gasteiger partial charge in [-0.05, 0) is 59.2 Å². The summed E-state index contributed by atoms with van der Waals surface area (Å²) in [7, 11) is 2.15. The number of hydrogen-bond donors (Lipinski definition) is 1. The molecule has 0 bridgehead atoms. The molecule has 1 amide bonds. The second-order valence-electron chi connectivity index (χ2n) is 6.01. The van der Waals surface area contributed by atoms with Gasteiger partial charge < -0.3 is 9.80 Å². The van der Waals surface area contributed by atoms with Crippen molar-refractivity contribution >= 4 is 5.91 Å². The third kappa shape index (κ3) is 2.35. The zero-order valence-corrected chi connectivity index (χ0v) is 12.5. The summed E-state index contributed by atoms with van der Waals surface area (Å²) in [6.07, 6.45) is 5.32. The number of amides is 1. The van der Waals surface area contributed by atoms with E-state index < -0.39 is 0 Å². The summed E-state index contributed by atoms with van der Waals surface area (Å²) in [5.74, 6) is 0.126. The van der Waals surface area contributed by atoms with Crippen LogP contribution >= 0.6 is 0 Å². The molecule has 20 heavy (non-hydrogen) atoms. The number of aromatic amines is 1. The van der Waals surface area contributed by atoms with Gasteiger partial charge in [0.05, 0.1) is 0 Å². The molecule has 0 radical (unpaired) electrons. The molecule has 1 aromatic rings. The molecule has 5 nitrogen and oxygen atoms in total. The Balaban J connectivity index is 1.77. The quantitative estimate of drug-likeness (QED) is 0.909. The lowest BCUT2D eigenvalue weighted by Crippen LogP contribution is -2.46. The fourth-order valence-electron chi connectivity index (χ4n) is 3.51. The number of H-pyrrole nitrogens is 1. The van der Waals surface area contributed by atoms with Gasteiger partial charge in [0.1, 0.15) is 0 Å². The van der Waals surface area contributed by atoms with Crippen molar-refractivity contribution in [2.24, 2.45) is 0 Å². The lowest BCUT2D eigenvalue weighted by molar-refractivity contribution is 0.0599. The minimum atomic E-state index is 0.126. The van der Waals surface area contributed by atoms with Crippen LogP contribution in [0.15, 0.2) is 0 Å². The van der Waals surface area contributed by atoms with Gasteiger partial charge in [0, 0.05) is 23.8 Å². The molecule has 2 aliphatic rings. The van der Waals surface area contributed by atoms with Gasteiger partial charge >= 0.3 is 0 Å². The molecule has 1 fully saturated rings. The predicted molar refractivity (Wildman–Crippen MR) is 77.8 cm³/mol. The molecule has 1 aliphatic carbocycles. The Morgan fingerprint density at radius 1 is 1.40 bits per heavy atom. The number of carbonyl (C=O) groups excluding carboxylic acids is 1. The molecule has 0 saturated carbocycles. The van der Waals surface area contributed by atoms with E-state index in [1.165, 1.54) is 11.3 Å². The number of hydrogen-bond acceptors (Lipinski definition) is 3. The molecule has 1 saturated heterocycles. The zero-order valence-electron chi connectivity index (χ0n) is 12.5. The first-order valence-electron chi connectivity index (χ1n) is 7.76. The highest BCUT2D eigenvalue weighted by atomic mass is 16.2.